The van der Waals surface area contributed by atoms with Crippen LogP contribution in [0.2, 0.25) is 0 Å². The number of aromatic nitrogens is 3. The van der Waals surface area contributed by atoms with E-state index in [1.807, 2.05) is 38.2 Å². The van der Waals surface area contributed by atoms with Crippen molar-refractivity contribution in [2.45, 2.75) is 32.7 Å². The van der Waals surface area contributed by atoms with Crippen molar-refractivity contribution in [3.05, 3.63) is 48.4 Å². The summed E-state index contributed by atoms with van der Waals surface area (Å²) in [4.78, 5) is 26.1. The maximum atomic E-state index is 11.8. The minimum Gasteiger partial charge on any atom is -0.478 e. The van der Waals surface area contributed by atoms with Gasteiger partial charge >= 0.3 is 0 Å². The quantitative estimate of drug-likeness (QED) is 0.488. The Kier molecular flexibility index (Phi) is 7.26. The van der Waals surface area contributed by atoms with E-state index < -0.39 is 0 Å². The minimum atomic E-state index is -0.133. The van der Waals surface area contributed by atoms with Gasteiger partial charge in [-0.1, -0.05) is 41.7 Å². The molecule has 2 N–H and O–H groups in total. The summed E-state index contributed by atoms with van der Waals surface area (Å²) >= 11 is 1.56. The number of carbonyl (C=O) groups excluding carboxylic acids is 1. The molecule has 0 saturated carbocycles. The number of hydrogen-bond acceptors (Lipinski definition) is 8. The molecule has 3 aromatic rings. The van der Waals surface area contributed by atoms with Gasteiger partial charge in [-0.25, -0.2) is 9.97 Å². The molecule has 0 aliphatic carbocycles. The van der Waals surface area contributed by atoms with Crippen LogP contribution < -0.4 is 15.4 Å². The molecule has 0 radical (unpaired) electrons. The van der Waals surface area contributed by atoms with Gasteiger partial charge in [-0.05, 0) is 32.9 Å². The van der Waals surface area contributed by atoms with Crippen LogP contribution in [0.4, 0.5) is 10.9 Å². The fraction of sp³-hybridized carbons (Fsp3) is 0.333. The van der Waals surface area contributed by atoms with Crippen molar-refractivity contribution in [2.24, 2.45) is 0 Å². The van der Waals surface area contributed by atoms with E-state index in [-0.39, 0.29) is 11.8 Å². The molecule has 0 fully saturated rings. The molecule has 152 valence electrons. The van der Waals surface area contributed by atoms with Crippen LogP contribution in [0, 0.1) is 6.92 Å². The fourth-order valence-electron chi connectivity index (χ4n) is 2.66. The number of nitrogens with one attached hydrogen (secondary N) is 2. The Morgan fingerprint density at radius 2 is 2.03 bits per heavy atom. The molecular weight excluding hydrogens is 386 g/mol. The highest BCUT2D eigenvalue weighted by molar-refractivity contribution is 7.18. The third kappa shape index (κ3) is 6.07. The number of Topliss-reactive ketones (excluding diaryl/α,β-unsaturated/α-hetero) is 1. The van der Waals surface area contributed by atoms with Crippen LogP contribution in [0.5, 0.6) is 5.88 Å². The van der Waals surface area contributed by atoms with Crippen LogP contribution in [0.1, 0.15) is 25.6 Å². The van der Waals surface area contributed by atoms with Crippen molar-refractivity contribution in [3.63, 3.8) is 0 Å². The average molecular weight is 412 g/mol. The lowest BCUT2D eigenvalue weighted by Gasteiger charge is -2.10. The number of benzene rings is 1. The van der Waals surface area contributed by atoms with Crippen molar-refractivity contribution in [3.8, 4) is 16.3 Å². The Bertz CT molecular complexity index is 945. The van der Waals surface area contributed by atoms with E-state index in [2.05, 4.69) is 37.7 Å². The fourth-order valence-corrected chi connectivity index (χ4v) is 3.48. The third-order valence-electron chi connectivity index (χ3n) is 4.35. The van der Waals surface area contributed by atoms with Crippen LogP contribution in [-0.4, -0.2) is 40.4 Å². The summed E-state index contributed by atoms with van der Waals surface area (Å²) in [7, 11) is 1.78. The Labute approximate surface area is 174 Å². The second kappa shape index (κ2) is 10.1. The average Bonchev–Trinajstić information content (AvgIpc) is 3.19. The van der Waals surface area contributed by atoms with Gasteiger partial charge in [0.25, 0.3) is 0 Å². The van der Waals surface area contributed by atoms with Gasteiger partial charge in [-0.2, -0.15) is 4.98 Å². The van der Waals surface area contributed by atoms with Gasteiger partial charge < -0.3 is 15.4 Å². The lowest BCUT2D eigenvalue weighted by Crippen LogP contribution is -2.30. The second-order valence-electron chi connectivity index (χ2n) is 6.59. The Hall–Kier alpha value is -2.84. The van der Waals surface area contributed by atoms with Gasteiger partial charge in [0.15, 0.2) is 5.13 Å². The SMILES string of the molecule is CN[C@@H](C)C(=O)CCCOc1cc(Nc2ncc(-c3ccccc3)s2)nc(C)n1. The van der Waals surface area contributed by atoms with E-state index in [1.165, 1.54) is 0 Å². The number of thiazole rings is 1. The molecule has 0 unspecified atom stereocenters. The van der Waals surface area contributed by atoms with Gasteiger partial charge in [0.05, 0.1) is 17.5 Å². The largest absolute Gasteiger partial charge is 0.478 e. The first kappa shape index (κ1) is 20.9. The van der Waals surface area contributed by atoms with Crippen LogP contribution in [0.15, 0.2) is 42.6 Å². The number of ketones is 1. The zero-order valence-corrected chi connectivity index (χ0v) is 17.6. The molecule has 0 aliphatic rings. The predicted molar refractivity (Wildman–Crippen MR) is 116 cm³/mol. The maximum Gasteiger partial charge on any atom is 0.218 e. The molecule has 1 aromatic carbocycles. The summed E-state index contributed by atoms with van der Waals surface area (Å²) in [6.07, 6.45) is 2.96. The lowest BCUT2D eigenvalue weighted by atomic mass is 10.1. The summed E-state index contributed by atoms with van der Waals surface area (Å²) in [6.45, 7) is 4.09. The van der Waals surface area contributed by atoms with Gasteiger partial charge in [-0.3, -0.25) is 4.79 Å². The van der Waals surface area contributed by atoms with E-state index in [4.69, 9.17) is 4.74 Å². The zero-order chi connectivity index (χ0) is 20.6. The van der Waals surface area contributed by atoms with Crippen molar-refractivity contribution in [2.75, 3.05) is 19.0 Å². The first-order valence-corrected chi connectivity index (χ1v) is 10.3. The normalized spacial score (nSPS) is 11.8. The molecule has 8 heteroatoms. The van der Waals surface area contributed by atoms with E-state index in [1.54, 1.807) is 24.5 Å². The summed E-state index contributed by atoms with van der Waals surface area (Å²) in [5, 5.41) is 6.92. The Morgan fingerprint density at radius 1 is 1.24 bits per heavy atom. The van der Waals surface area contributed by atoms with Gasteiger partial charge in [0.1, 0.15) is 17.4 Å². The third-order valence-corrected chi connectivity index (χ3v) is 5.31. The number of anilines is 2. The first-order chi connectivity index (χ1) is 14.0. The van der Waals surface area contributed by atoms with Gasteiger partial charge in [0.2, 0.25) is 5.88 Å². The van der Waals surface area contributed by atoms with Crippen LogP contribution >= 0.6 is 11.3 Å². The molecule has 0 bridgehead atoms. The molecule has 3 rings (SSSR count). The summed E-state index contributed by atoms with van der Waals surface area (Å²) in [5.74, 6) is 1.88. The summed E-state index contributed by atoms with van der Waals surface area (Å²) in [5.41, 5.74) is 1.13. The first-order valence-electron chi connectivity index (χ1n) is 9.52. The smallest absolute Gasteiger partial charge is 0.218 e. The Balaban J connectivity index is 1.58. The molecule has 2 heterocycles. The maximum absolute atomic E-state index is 11.8. The number of hydrogen-bond donors (Lipinski definition) is 2. The molecule has 0 aliphatic heterocycles. The standard InChI is InChI=1S/C21H25N5O2S/c1-14(22-3)17(27)10-7-11-28-20-12-19(24-15(2)25-20)26-21-23-13-18(29-21)16-8-5-4-6-9-16/h4-6,8-9,12-14,22H,7,10-11H2,1-3H3,(H,23,24,25,26)/t14-/m0/s1. The minimum absolute atomic E-state index is 0.133. The molecule has 29 heavy (non-hydrogen) atoms. The highest BCUT2D eigenvalue weighted by Crippen LogP contribution is 2.30. The van der Waals surface area contributed by atoms with Gasteiger partial charge in [-0.15, -0.1) is 0 Å². The van der Waals surface area contributed by atoms with E-state index in [0.717, 1.165) is 15.6 Å². The number of likely N-dealkylation sites (N-methyl/N-ethyl adjacent to an activating group) is 1. The van der Waals surface area contributed by atoms with Crippen LogP contribution in [0.25, 0.3) is 10.4 Å². The topological polar surface area (TPSA) is 89.0 Å². The molecule has 0 spiro atoms. The summed E-state index contributed by atoms with van der Waals surface area (Å²) in [6, 6.07) is 11.7. The lowest BCUT2D eigenvalue weighted by molar-refractivity contribution is -0.120. The number of nitrogens with zero attached hydrogens (tertiary/aromatic N) is 3. The number of rotatable bonds is 10. The highest BCUT2D eigenvalue weighted by atomic mass is 32.1. The second-order valence-corrected chi connectivity index (χ2v) is 7.62. The molecule has 2 aromatic heterocycles. The molecule has 0 saturated heterocycles. The molecule has 1 atom stereocenters. The highest BCUT2D eigenvalue weighted by Gasteiger charge is 2.11. The van der Waals surface area contributed by atoms with Crippen molar-refractivity contribution >= 4 is 28.1 Å². The van der Waals surface area contributed by atoms with E-state index in [0.29, 0.717) is 37.0 Å². The van der Waals surface area contributed by atoms with Crippen molar-refractivity contribution in [1.29, 1.82) is 0 Å². The monoisotopic (exact) mass is 411 g/mol. The van der Waals surface area contributed by atoms with Crippen molar-refractivity contribution in [1.82, 2.24) is 20.3 Å². The zero-order valence-electron chi connectivity index (χ0n) is 16.8. The number of carbonyl (C=O) groups is 1. The number of aryl methyl sites for hydroxylation is 1. The van der Waals surface area contributed by atoms with Crippen molar-refractivity contribution < 1.29 is 9.53 Å². The number of ether oxygens (including phenoxy) is 1. The molecular formula is C21H25N5O2S. The van der Waals surface area contributed by atoms with Crippen LogP contribution in [0.3, 0.4) is 0 Å². The van der Waals surface area contributed by atoms with E-state index >= 15 is 0 Å². The molecule has 0 amide bonds. The van der Waals surface area contributed by atoms with E-state index in [9.17, 15) is 4.79 Å². The Morgan fingerprint density at radius 3 is 2.79 bits per heavy atom. The molecule has 7 nitrogen and oxygen atoms in total. The van der Waals surface area contributed by atoms with Gasteiger partial charge in [0, 0.05) is 18.7 Å². The predicted octanol–water partition coefficient (Wildman–Crippen LogP) is 3.99. The summed E-state index contributed by atoms with van der Waals surface area (Å²) < 4.78 is 5.72. The van der Waals surface area contributed by atoms with Crippen LogP contribution in [-0.2, 0) is 4.79 Å².